The monoisotopic (exact) mass is 518 g/mol. The molecule has 2 N–H and O–H groups in total. The molecule has 202 valence electrons. The van der Waals surface area contributed by atoms with Crippen LogP contribution in [0.2, 0.25) is 0 Å². The summed E-state index contributed by atoms with van der Waals surface area (Å²) in [7, 11) is 2.89. The van der Waals surface area contributed by atoms with Gasteiger partial charge in [0.15, 0.2) is 0 Å². The zero-order chi connectivity index (χ0) is 27.5. The highest BCUT2D eigenvalue weighted by molar-refractivity contribution is 5.89. The Kier molecular flexibility index (Phi) is 8.09. The van der Waals surface area contributed by atoms with E-state index in [9.17, 15) is 14.7 Å². The highest BCUT2D eigenvalue weighted by atomic mass is 16.5. The van der Waals surface area contributed by atoms with E-state index in [2.05, 4.69) is 28.9 Å². The number of methoxy groups -OCH3 is 2. The molecule has 7 nitrogen and oxygen atoms in total. The number of carbonyl (C=O) groups excluding carboxylic acids is 1. The van der Waals surface area contributed by atoms with Crippen molar-refractivity contribution in [2.45, 2.75) is 58.2 Å². The number of nitrogens with one attached hydrogen (secondary N) is 1. The Labute approximate surface area is 224 Å². The van der Waals surface area contributed by atoms with Crippen molar-refractivity contribution in [1.29, 1.82) is 0 Å². The molecule has 3 unspecified atom stereocenters. The van der Waals surface area contributed by atoms with Crippen LogP contribution in [0.15, 0.2) is 76.8 Å². The molecule has 0 saturated carbocycles. The number of benzene rings is 1. The lowest BCUT2D eigenvalue weighted by Gasteiger charge is -2.60. The van der Waals surface area contributed by atoms with E-state index >= 15 is 0 Å². The van der Waals surface area contributed by atoms with Gasteiger partial charge in [-0.15, -0.1) is 0 Å². The van der Waals surface area contributed by atoms with Gasteiger partial charge in [0.2, 0.25) is 0 Å². The number of hydrogen-bond acceptors (Lipinski definition) is 6. The van der Waals surface area contributed by atoms with Crippen molar-refractivity contribution in [3.8, 4) is 0 Å². The van der Waals surface area contributed by atoms with E-state index in [1.54, 1.807) is 13.2 Å². The normalized spacial score (nSPS) is 26.1. The quantitative estimate of drug-likeness (QED) is 0.322. The van der Waals surface area contributed by atoms with Crippen molar-refractivity contribution < 1.29 is 19.4 Å². The third-order valence-electron chi connectivity index (χ3n) is 8.41. The average molecular weight is 519 g/mol. The summed E-state index contributed by atoms with van der Waals surface area (Å²) in [5.41, 5.74) is 1.26. The van der Waals surface area contributed by atoms with Crippen molar-refractivity contribution in [3.63, 3.8) is 0 Å². The molecule has 1 aromatic heterocycles. The molecule has 0 amide bonds. The molecule has 0 bridgehead atoms. The number of rotatable bonds is 7. The molecule has 0 radical (unpaired) electrons. The third-order valence-corrected chi connectivity index (χ3v) is 8.41. The van der Waals surface area contributed by atoms with Crippen LogP contribution in [0.25, 0.3) is 0 Å². The first-order valence-corrected chi connectivity index (χ1v) is 13.1. The van der Waals surface area contributed by atoms with Gasteiger partial charge in [0.05, 0.1) is 19.8 Å². The molecule has 1 aliphatic carbocycles. The average Bonchev–Trinajstić information content (AvgIpc) is 2.92. The topological polar surface area (TPSA) is 91.9 Å². The van der Waals surface area contributed by atoms with Crippen molar-refractivity contribution in [2.75, 3.05) is 20.8 Å². The number of carbonyl (C=O) groups is 1. The maximum absolute atomic E-state index is 12.8. The number of aromatic nitrogens is 1. The summed E-state index contributed by atoms with van der Waals surface area (Å²) >= 11 is 0. The van der Waals surface area contributed by atoms with E-state index in [0.29, 0.717) is 18.6 Å². The number of pyridine rings is 1. The second-order valence-corrected chi connectivity index (χ2v) is 10.2. The van der Waals surface area contributed by atoms with E-state index in [0.717, 1.165) is 29.9 Å². The fourth-order valence-corrected chi connectivity index (χ4v) is 6.31. The van der Waals surface area contributed by atoms with Gasteiger partial charge in [0.1, 0.15) is 11.3 Å². The van der Waals surface area contributed by atoms with Gasteiger partial charge < -0.3 is 19.6 Å². The Morgan fingerprint density at radius 3 is 2.55 bits per heavy atom. The number of nitrogens with zero attached hydrogens (tertiary/aromatic N) is 1. The number of allylic oxidation sites excluding steroid dienone is 4. The van der Waals surface area contributed by atoms with Gasteiger partial charge in [-0.05, 0) is 68.7 Å². The summed E-state index contributed by atoms with van der Waals surface area (Å²) in [6.45, 7) is 7.48. The fraction of sp³-hybridized carbons (Fsp3) is 0.419. The van der Waals surface area contributed by atoms with Crippen LogP contribution < -0.4 is 5.56 Å². The van der Waals surface area contributed by atoms with Crippen LogP contribution >= 0.6 is 0 Å². The van der Waals surface area contributed by atoms with Crippen LogP contribution in [0.4, 0.5) is 0 Å². The molecule has 4 rings (SSSR count). The predicted molar refractivity (Wildman–Crippen MR) is 148 cm³/mol. The van der Waals surface area contributed by atoms with Gasteiger partial charge >= 0.3 is 5.97 Å². The van der Waals surface area contributed by atoms with Gasteiger partial charge in [-0.25, -0.2) is 4.79 Å². The Hall–Kier alpha value is -3.42. The van der Waals surface area contributed by atoms with Gasteiger partial charge in [0, 0.05) is 36.5 Å². The lowest BCUT2D eigenvalue weighted by molar-refractivity contribution is -0.159. The molecule has 2 aliphatic rings. The molecule has 1 aromatic carbocycles. The van der Waals surface area contributed by atoms with Crippen molar-refractivity contribution >= 4 is 5.97 Å². The summed E-state index contributed by atoms with van der Waals surface area (Å²) in [6.07, 6.45) is 9.25. The number of aliphatic hydroxyl groups is 1. The van der Waals surface area contributed by atoms with Gasteiger partial charge in [-0.3, -0.25) is 9.69 Å². The SMILES string of the molecule is C\C=C/C(=C\C(=C\C)C12CCN(Cc3ccccc3)C(C)C1(O)Cc1cc(C(=O)OC)c(=O)[nH]c1C2)OC. The van der Waals surface area contributed by atoms with E-state index in [-0.39, 0.29) is 18.0 Å². The number of esters is 1. The molecular weight excluding hydrogens is 480 g/mol. The Balaban J connectivity index is 1.86. The molecule has 38 heavy (non-hydrogen) atoms. The van der Waals surface area contributed by atoms with Gasteiger partial charge in [-0.1, -0.05) is 42.5 Å². The minimum absolute atomic E-state index is 0.0483. The number of piperidine rings is 1. The molecule has 1 fully saturated rings. The van der Waals surface area contributed by atoms with E-state index < -0.39 is 22.5 Å². The standard InChI is InChI=1S/C31H38N2O5/c1-6-11-25(37-4)17-24(7-2)30-14-15-33(20-22-12-9-8-10-13-22)21(3)31(30,36)18-23-16-26(29(35)38-5)28(34)32-27(23)19-30/h6-13,16-17,21,36H,14-15,18-20H2,1-5H3,(H,32,34)/b11-6-,24-7-,25-17+. The number of aromatic amines is 1. The lowest BCUT2D eigenvalue weighted by atomic mass is 9.53. The Morgan fingerprint density at radius 1 is 1.18 bits per heavy atom. The number of H-pyrrole nitrogens is 1. The second kappa shape index (κ2) is 11.1. The van der Waals surface area contributed by atoms with E-state index in [1.165, 1.54) is 12.7 Å². The summed E-state index contributed by atoms with van der Waals surface area (Å²) in [4.78, 5) is 30.4. The molecule has 1 aliphatic heterocycles. The first kappa shape index (κ1) is 27.6. The van der Waals surface area contributed by atoms with Crippen molar-refractivity contribution in [3.05, 3.63) is 105 Å². The van der Waals surface area contributed by atoms with Crippen LogP contribution in [0.1, 0.15) is 54.4 Å². The van der Waals surface area contributed by atoms with Crippen molar-refractivity contribution in [1.82, 2.24) is 9.88 Å². The molecular formula is C31H38N2O5. The number of fused-ring (bicyclic) bond motifs is 2. The van der Waals surface area contributed by atoms with Crippen LogP contribution in [-0.4, -0.2) is 53.4 Å². The van der Waals surface area contributed by atoms with Crippen LogP contribution in [0.5, 0.6) is 0 Å². The van der Waals surface area contributed by atoms with Crippen LogP contribution in [0, 0.1) is 5.41 Å². The largest absolute Gasteiger partial charge is 0.497 e. The maximum Gasteiger partial charge on any atom is 0.343 e. The molecule has 0 spiro atoms. The first-order chi connectivity index (χ1) is 18.2. The van der Waals surface area contributed by atoms with Crippen LogP contribution in [-0.2, 0) is 28.9 Å². The number of ether oxygens (including phenoxy) is 2. The van der Waals surface area contributed by atoms with Crippen LogP contribution in [0.3, 0.4) is 0 Å². The van der Waals surface area contributed by atoms with E-state index in [4.69, 9.17) is 9.47 Å². The summed E-state index contributed by atoms with van der Waals surface area (Å²) in [5.74, 6) is 0.00506. The summed E-state index contributed by atoms with van der Waals surface area (Å²) in [5, 5.41) is 12.8. The molecule has 1 saturated heterocycles. The molecule has 2 aromatic rings. The molecule has 7 heteroatoms. The maximum atomic E-state index is 12.8. The second-order valence-electron chi connectivity index (χ2n) is 10.2. The third kappa shape index (κ3) is 4.76. The minimum atomic E-state index is -1.19. The highest BCUT2D eigenvalue weighted by Crippen LogP contribution is 2.55. The zero-order valence-electron chi connectivity index (χ0n) is 22.9. The molecule has 2 heterocycles. The summed E-state index contributed by atoms with van der Waals surface area (Å²) < 4.78 is 10.5. The smallest absolute Gasteiger partial charge is 0.343 e. The van der Waals surface area contributed by atoms with E-state index in [1.807, 2.05) is 56.4 Å². The first-order valence-electron chi connectivity index (χ1n) is 13.1. The van der Waals surface area contributed by atoms with Crippen molar-refractivity contribution in [2.24, 2.45) is 5.41 Å². The fourth-order valence-electron chi connectivity index (χ4n) is 6.31. The number of hydrogen-bond donors (Lipinski definition) is 2. The van der Waals surface area contributed by atoms with Gasteiger partial charge in [0.25, 0.3) is 5.56 Å². The molecule has 3 atom stereocenters. The summed E-state index contributed by atoms with van der Waals surface area (Å²) in [6, 6.07) is 11.6. The highest BCUT2D eigenvalue weighted by Gasteiger charge is 2.61. The lowest BCUT2D eigenvalue weighted by Crippen LogP contribution is -2.69. The Morgan fingerprint density at radius 2 is 1.92 bits per heavy atom. The minimum Gasteiger partial charge on any atom is -0.497 e. The zero-order valence-corrected chi connectivity index (χ0v) is 22.9. The number of likely N-dealkylation sites (tertiary alicyclic amines) is 1. The van der Waals surface area contributed by atoms with Gasteiger partial charge in [-0.2, -0.15) is 0 Å². The predicted octanol–water partition coefficient (Wildman–Crippen LogP) is 4.32. The Bertz CT molecular complexity index is 1330.